The van der Waals surface area contributed by atoms with Crippen LogP contribution in [0.15, 0.2) is 22.9 Å². The molecule has 1 amide bonds. The molecule has 2 aromatic rings. The van der Waals surface area contributed by atoms with Crippen molar-refractivity contribution >= 4 is 34.6 Å². The molecule has 2 aromatic heterocycles. The molecule has 0 aliphatic heterocycles. The first-order chi connectivity index (χ1) is 10.4. The zero-order valence-corrected chi connectivity index (χ0v) is 14.1. The molecule has 0 saturated heterocycles. The molecule has 2 heterocycles. The zero-order valence-electron chi connectivity index (χ0n) is 12.5. The van der Waals surface area contributed by atoms with Gasteiger partial charge in [0, 0.05) is 11.9 Å². The van der Waals surface area contributed by atoms with E-state index in [0.29, 0.717) is 13.0 Å². The summed E-state index contributed by atoms with van der Waals surface area (Å²) in [5, 5.41) is 16.6. The van der Waals surface area contributed by atoms with Gasteiger partial charge >= 0.3 is 5.97 Å². The van der Waals surface area contributed by atoms with E-state index in [0.717, 1.165) is 15.6 Å². The molecule has 118 valence electrons. The Morgan fingerprint density at radius 1 is 1.36 bits per heavy atom. The minimum atomic E-state index is -0.859. The fourth-order valence-electron chi connectivity index (χ4n) is 1.75. The fraction of sp³-hybridized carbons (Fsp3) is 0.400. The summed E-state index contributed by atoms with van der Waals surface area (Å²) in [7, 11) is 0. The summed E-state index contributed by atoms with van der Waals surface area (Å²) < 4.78 is 0. The lowest BCUT2D eigenvalue weighted by Gasteiger charge is -2.18. The normalized spacial score (nSPS) is 11.4. The van der Waals surface area contributed by atoms with Crippen molar-refractivity contribution in [1.29, 1.82) is 0 Å². The summed E-state index contributed by atoms with van der Waals surface area (Å²) in [6.45, 7) is 3.64. The number of thiazole rings is 1. The Morgan fingerprint density at radius 2 is 2.14 bits per heavy atom. The monoisotopic (exact) mass is 338 g/mol. The number of rotatable bonds is 7. The Balaban J connectivity index is 1.82. The summed E-state index contributed by atoms with van der Waals surface area (Å²) in [4.78, 5) is 28.4. The van der Waals surface area contributed by atoms with Crippen molar-refractivity contribution in [3.05, 3.63) is 28.6 Å². The first kappa shape index (κ1) is 16.6. The predicted molar refractivity (Wildman–Crippen MR) is 88.2 cm³/mol. The van der Waals surface area contributed by atoms with Crippen LogP contribution in [-0.4, -0.2) is 28.5 Å². The minimum absolute atomic E-state index is 0.135. The number of amides is 1. The van der Waals surface area contributed by atoms with Crippen LogP contribution in [0.4, 0.5) is 0 Å². The second-order valence-corrected chi connectivity index (χ2v) is 7.39. The highest BCUT2D eigenvalue weighted by molar-refractivity contribution is 7.20. The van der Waals surface area contributed by atoms with E-state index in [-0.39, 0.29) is 12.3 Å². The van der Waals surface area contributed by atoms with Gasteiger partial charge in [0.25, 0.3) is 0 Å². The second-order valence-electron chi connectivity index (χ2n) is 5.59. The van der Waals surface area contributed by atoms with E-state index in [4.69, 9.17) is 5.11 Å². The van der Waals surface area contributed by atoms with Crippen molar-refractivity contribution in [2.24, 2.45) is 5.41 Å². The van der Waals surface area contributed by atoms with Crippen LogP contribution >= 0.6 is 22.7 Å². The number of aliphatic carboxylic acids is 1. The van der Waals surface area contributed by atoms with Gasteiger partial charge in [-0.05, 0) is 31.7 Å². The van der Waals surface area contributed by atoms with E-state index in [1.54, 1.807) is 25.2 Å². The molecule has 2 N–H and O–H groups in total. The molecule has 0 saturated carbocycles. The number of nitrogens with one attached hydrogen (secondary N) is 1. The van der Waals surface area contributed by atoms with Gasteiger partial charge in [-0.1, -0.05) is 6.07 Å². The molecule has 0 unspecified atom stereocenters. The Labute approximate surface area is 137 Å². The number of carbonyl (C=O) groups is 2. The maximum absolute atomic E-state index is 11.9. The summed E-state index contributed by atoms with van der Waals surface area (Å²) >= 11 is 3.14. The number of aromatic nitrogens is 1. The van der Waals surface area contributed by atoms with E-state index < -0.39 is 11.4 Å². The van der Waals surface area contributed by atoms with Crippen LogP contribution in [0.25, 0.3) is 9.88 Å². The Bertz CT molecular complexity index is 648. The van der Waals surface area contributed by atoms with Crippen LogP contribution in [0.1, 0.15) is 26.0 Å². The maximum Gasteiger partial charge on any atom is 0.309 e. The van der Waals surface area contributed by atoms with Crippen LogP contribution in [0, 0.1) is 5.41 Å². The van der Waals surface area contributed by atoms with Gasteiger partial charge in [0.2, 0.25) is 5.91 Å². The van der Waals surface area contributed by atoms with Gasteiger partial charge in [0.1, 0.15) is 5.01 Å². The van der Waals surface area contributed by atoms with Crippen molar-refractivity contribution in [3.63, 3.8) is 0 Å². The first-order valence-electron chi connectivity index (χ1n) is 6.87. The number of carbonyl (C=O) groups excluding carboxylic acids is 1. The Hall–Kier alpha value is -1.73. The van der Waals surface area contributed by atoms with Crippen molar-refractivity contribution in [1.82, 2.24) is 10.3 Å². The third-order valence-corrected chi connectivity index (χ3v) is 5.21. The van der Waals surface area contributed by atoms with Crippen molar-refractivity contribution in [3.8, 4) is 9.88 Å². The highest BCUT2D eigenvalue weighted by Crippen LogP contribution is 2.27. The average molecular weight is 338 g/mol. The van der Waals surface area contributed by atoms with Crippen LogP contribution in [0.5, 0.6) is 0 Å². The number of nitrogens with zero attached hydrogens (tertiary/aromatic N) is 1. The molecular weight excluding hydrogens is 320 g/mol. The smallest absolute Gasteiger partial charge is 0.309 e. The van der Waals surface area contributed by atoms with E-state index in [1.807, 2.05) is 22.9 Å². The van der Waals surface area contributed by atoms with Crippen molar-refractivity contribution in [2.45, 2.75) is 26.7 Å². The number of carboxylic acid groups (broad SMARTS) is 1. The zero-order chi connectivity index (χ0) is 16.2. The summed E-state index contributed by atoms with van der Waals surface area (Å²) in [6.07, 6.45) is 0.612. The Kier molecular flexibility index (Phi) is 5.31. The predicted octanol–water partition coefficient (Wildman–Crippen LogP) is 3.03. The highest BCUT2D eigenvalue weighted by Gasteiger charge is 2.26. The van der Waals surface area contributed by atoms with Crippen LogP contribution in [0.2, 0.25) is 0 Å². The largest absolute Gasteiger partial charge is 0.481 e. The topological polar surface area (TPSA) is 79.3 Å². The SMILES string of the molecule is CC(C)(CCNC(=O)Cc1csc(-c2cccs2)n1)C(=O)O. The van der Waals surface area contributed by atoms with E-state index >= 15 is 0 Å². The molecule has 7 heteroatoms. The average Bonchev–Trinajstić information content (AvgIpc) is 3.08. The number of hydrogen-bond donors (Lipinski definition) is 2. The standard InChI is InChI=1S/C15H18N2O3S2/c1-15(2,14(19)20)5-6-16-12(18)8-10-9-22-13(17-10)11-4-3-7-21-11/h3-4,7,9H,5-6,8H2,1-2H3,(H,16,18)(H,19,20). The minimum Gasteiger partial charge on any atom is -0.481 e. The van der Waals surface area contributed by atoms with Crippen LogP contribution < -0.4 is 5.32 Å². The summed E-state index contributed by atoms with van der Waals surface area (Å²) in [5.41, 5.74) is -0.0938. The summed E-state index contributed by atoms with van der Waals surface area (Å²) in [5.74, 6) is -0.994. The van der Waals surface area contributed by atoms with Gasteiger partial charge in [-0.3, -0.25) is 9.59 Å². The summed E-state index contributed by atoms with van der Waals surface area (Å²) in [6, 6.07) is 3.97. The molecule has 0 bridgehead atoms. The highest BCUT2D eigenvalue weighted by atomic mass is 32.1. The first-order valence-corrected chi connectivity index (χ1v) is 8.63. The lowest BCUT2D eigenvalue weighted by molar-refractivity contribution is -0.147. The van der Waals surface area contributed by atoms with E-state index in [2.05, 4.69) is 10.3 Å². The quantitative estimate of drug-likeness (QED) is 0.813. The number of thiophene rings is 1. The van der Waals surface area contributed by atoms with Gasteiger partial charge in [0.05, 0.1) is 22.4 Å². The number of carboxylic acids is 1. The molecule has 2 rings (SSSR count). The van der Waals surface area contributed by atoms with Gasteiger partial charge in [-0.2, -0.15) is 0 Å². The van der Waals surface area contributed by atoms with E-state index in [9.17, 15) is 9.59 Å². The molecule has 0 aliphatic carbocycles. The van der Waals surface area contributed by atoms with Gasteiger partial charge in [-0.25, -0.2) is 4.98 Å². The molecule has 5 nitrogen and oxygen atoms in total. The lowest BCUT2D eigenvalue weighted by atomic mass is 9.90. The molecule has 0 atom stereocenters. The van der Waals surface area contributed by atoms with Gasteiger partial charge < -0.3 is 10.4 Å². The maximum atomic E-state index is 11.9. The molecule has 0 fully saturated rings. The number of hydrogen-bond acceptors (Lipinski definition) is 5. The van der Waals surface area contributed by atoms with Gasteiger partial charge in [-0.15, -0.1) is 22.7 Å². The fourth-order valence-corrected chi connectivity index (χ4v) is 3.38. The molecular formula is C15H18N2O3S2. The third kappa shape index (κ3) is 4.38. The van der Waals surface area contributed by atoms with Gasteiger partial charge in [0.15, 0.2) is 0 Å². The van der Waals surface area contributed by atoms with E-state index in [1.165, 1.54) is 11.3 Å². The van der Waals surface area contributed by atoms with Crippen LogP contribution in [-0.2, 0) is 16.0 Å². The van der Waals surface area contributed by atoms with Crippen molar-refractivity contribution in [2.75, 3.05) is 6.54 Å². The molecule has 0 aromatic carbocycles. The molecule has 0 spiro atoms. The Morgan fingerprint density at radius 3 is 2.77 bits per heavy atom. The third-order valence-electron chi connectivity index (χ3n) is 3.28. The molecule has 0 aliphatic rings. The second kappa shape index (κ2) is 7.02. The molecule has 0 radical (unpaired) electrons. The molecule has 22 heavy (non-hydrogen) atoms. The van der Waals surface area contributed by atoms with Crippen LogP contribution in [0.3, 0.4) is 0 Å². The van der Waals surface area contributed by atoms with Crippen molar-refractivity contribution < 1.29 is 14.7 Å². The lowest BCUT2D eigenvalue weighted by Crippen LogP contribution is -2.32.